The lowest BCUT2D eigenvalue weighted by atomic mass is 10.0. The number of nitrogens with one attached hydrogen (secondary N) is 1. The molecule has 1 saturated heterocycles. The van der Waals surface area contributed by atoms with E-state index in [9.17, 15) is 14.0 Å². The molecule has 41 heavy (non-hydrogen) atoms. The lowest BCUT2D eigenvalue weighted by Crippen LogP contribution is -2.56. The number of hydrogen-bond acceptors (Lipinski definition) is 3. The van der Waals surface area contributed by atoms with Crippen molar-refractivity contribution in [3.8, 4) is 11.1 Å². The Balaban J connectivity index is 1.71. The topological polar surface area (TPSA) is 74.2 Å². The van der Waals surface area contributed by atoms with E-state index in [1.807, 2.05) is 26.0 Å². The highest BCUT2D eigenvalue weighted by atomic mass is 35.5. The summed E-state index contributed by atoms with van der Waals surface area (Å²) in [4.78, 5) is 33.5. The monoisotopic (exact) mass is 582 g/mol. The summed E-state index contributed by atoms with van der Waals surface area (Å²) >= 11 is 6.56. The number of anilines is 1. The zero-order valence-electron chi connectivity index (χ0n) is 23.7. The van der Waals surface area contributed by atoms with Gasteiger partial charge in [-0.15, -0.1) is 0 Å². The van der Waals surface area contributed by atoms with Gasteiger partial charge in [0, 0.05) is 47.5 Å². The van der Waals surface area contributed by atoms with E-state index in [1.165, 1.54) is 24.3 Å². The van der Waals surface area contributed by atoms with Gasteiger partial charge in [0.15, 0.2) is 0 Å². The average molecular weight is 583 g/mol. The third-order valence-electron chi connectivity index (χ3n) is 6.61. The molecule has 1 aliphatic heterocycles. The van der Waals surface area contributed by atoms with Crippen LogP contribution < -0.4 is 5.32 Å². The number of ether oxygens (including phenoxy) is 1. The predicted molar refractivity (Wildman–Crippen MR) is 158 cm³/mol. The van der Waals surface area contributed by atoms with Gasteiger partial charge < -0.3 is 19.9 Å². The smallest absolute Gasteiger partial charge is 0.410 e. The summed E-state index contributed by atoms with van der Waals surface area (Å²) in [6.45, 7) is 9.84. The quantitative estimate of drug-likeness (QED) is 0.256. The molecule has 1 fully saturated rings. The summed E-state index contributed by atoms with van der Waals surface area (Å²) in [6.07, 6.45) is -0.455. The molecule has 4 rings (SSSR count). The van der Waals surface area contributed by atoms with Crippen molar-refractivity contribution in [3.63, 3.8) is 0 Å². The maximum Gasteiger partial charge on any atom is 0.410 e. The largest absolute Gasteiger partial charge is 0.444 e. The van der Waals surface area contributed by atoms with Crippen molar-refractivity contribution in [3.05, 3.63) is 88.4 Å². The number of hydrogen-bond donors (Lipinski definition) is 1. The molecular weight excluding hydrogens is 550 g/mol. The molecule has 1 aliphatic rings. The second kappa shape index (κ2) is 12.3. The first-order chi connectivity index (χ1) is 19.3. The molecule has 0 aromatic heterocycles. The first-order valence-electron chi connectivity index (χ1n) is 13.3. The Bertz CT molecular complexity index is 1490. The van der Waals surface area contributed by atoms with Crippen LogP contribution in [0.5, 0.6) is 0 Å². The zero-order valence-corrected chi connectivity index (χ0v) is 24.4. The van der Waals surface area contributed by atoms with Crippen molar-refractivity contribution in [2.45, 2.75) is 46.3 Å². The summed E-state index contributed by atoms with van der Waals surface area (Å²) in [7, 11) is 0. The van der Waals surface area contributed by atoms with Gasteiger partial charge >= 0.3 is 12.1 Å². The van der Waals surface area contributed by atoms with Crippen LogP contribution in [-0.2, 0) is 4.74 Å². The molecule has 3 aromatic rings. The number of aliphatic imine (C=N–C) groups is 1. The van der Waals surface area contributed by atoms with Crippen LogP contribution >= 0.6 is 11.6 Å². The van der Waals surface area contributed by atoms with Gasteiger partial charge in [0.25, 0.3) is 0 Å². The van der Waals surface area contributed by atoms with E-state index in [1.54, 1.807) is 48.8 Å². The maximum absolute atomic E-state index is 15.8. The van der Waals surface area contributed by atoms with Crippen molar-refractivity contribution in [1.82, 2.24) is 9.80 Å². The summed E-state index contributed by atoms with van der Waals surface area (Å²) in [5, 5.41) is 2.85. The number of carbonyl (C=O) groups is 2. The molecule has 1 heterocycles. The fourth-order valence-electron chi connectivity index (χ4n) is 4.60. The van der Waals surface area contributed by atoms with Gasteiger partial charge in [-0.25, -0.2) is 18.4 Å². The molecule has 7 nitrogen and oxygen atoms in total. The molecule has 0 aliphatic carbocycles. The Labute approximate surface area is 243 Å². The Kier molecular flexibility index (Phi) is 8.97. The number of aryl methyl sites for hydroxylation is 1. The minimum absolute atomic E-state index is 0.0207. The molecule has 3 aromatic carbocycles. The van der Waals surface area contributed by atoms with Gasteiger partial charge in [-0.3, -0.25) is 0 Å². The van der Waals surface area contributed by atoms with Crippen molar-refractivity contribution in [2.75, 3.05) is 25.0 Å². The second-order valence-corrected chi connectivity index (χ2v) is 11.3. The number of carbonyl (C=O) groups excluding carboxylic acids is 2. The fraction of sp³-hybridized carbons (Fsp3) is 0.323. The Morgan fingerprint density at radius 1 is 1.00 bits per heavy atom. The standard InChI is InChI=1S/C31H33ClF2N4O3/c1-19-10-6-9-13-27(19)35-29(39)36-28(38-15-14-37(18-20(38)2)30(40)41-31(3,4)5)23-16-24(32)22(17-26(23)34)21-11-7-8-12-25(21)33/h6-13,16-17,20H,14-15,18H2,1-5H3,(H,35,39)/t20-/m0/s1. The number of para-hydroxylation sites is 1. The zero-order chi connectivity index (χ0) is 29.9. The van der Waals surface area contributed by atoms with Crippen LogP contribution in [0.1, 0.15) is 38.8 Å². The van der Waals surface area contributed by atoms with Crippen molar-refractivity contribution in [1.29, 1.82) is 0 Å². The number of amidine groups is 1. The molecule has 216 valence electrons. The van der Waals surface area contributed by atoms with Crippen LogP contribution in [0.3, 0.4) is 0 Å². The van der Waals surface area contributed by atoms with Gasteiger partial charge in [0.2, 0.25) is 0 Å². The molecule has 0 spiro atoms. The predicted octanol–water partition coefficient (Wildman–Crippen LogP) is 7.51. The van der Waals surface area contributed by atoms with E-state index in [2.05, 4.69) is 10.3 Å². The molecule has 3 amide bonds. The van der Waals surface area contributed by atoms with E-state index in [0.29, 0.717) is 5.69 Å². The van der Waals surface area contributed by atoms with E-state index < -0.39 is 29.4 Å². The molecule has 0 unspecified atom stereocenters. The Hall–Kier alpha value is -3.98. The second-order valence-electron chi connectivity index (χ2n) is 10.9. The average Bonchev–Trinajstić information content (AvgIpc) is 2.89. The minimum Gasteiger partial charge on any atom is -0.444 e. The number of halogens is 3. The highest BCUT2D eigenvalue weighted by Gasteiger charge is 2.33. The third-order valence-corrected chi connectivity index (χ3v) is 6.92. The van der Waals surface area contributed by atoms with Gasteiger partial charge in [-0.1, -0.05) is 48.0 Å². The Morgan fingerprint density at radius 3 is 2.34 bits per heavy atom. The van der Waals surface area contributed by atoms with Gasteiger partial charge in [-0.2, -0.15) is 4.99 Å². The number of amides is 3. The van der Waals surface area contributed by atoms with Crippen molar-refractivity contribution < 1.29 is 23.1 Å². The van der Waals surface area contributed by atoms with Gasteiger partial charge in [0.05, 0.1) is 5.56 Å². The highest BCUT2D eigenvalue weighted by Crippen LogP contribution is 2.33. The van der Waals surface area contributed by atoms with Gasteiger partial charge in [0.1, 0.15) is 23.1 Å². The maximum atomic E-state index is 15.8. The van der Waals surface area contributed by atoms with Crippen molar-refractivity contribution in [2.24, 2.45) is 4.99 Å². The number of rotatable bonds is 3. The van der Waals surface area contributed by atoms with Crippen LogP contribution in [0.4, 0.5) is 24.1 Å². The molecule has 1 N–H and O–H groups in total. The number of benzene rings is 3. The first kappa shape index (κ1) is 30.0. The van der Waals surface area contributed by atoms with E-state index in [4.69, 9.17) is 16.3 Å². The van der Waals surface area contributed by atoms with Crippen LogP contribution in [-0.4, -0.2) is 59.0 Å². The molecule has 0 bridgehead atoms. The summed E-state index contributed by atoms with van der Waals surface area (Å²) in [6, 6.07) is 14.6. The summed E-state index contributed by atoms with van der Waals surface area (Å²) in [5.74, 6) is -1.22. The Morgan fingerprint density at radius 2 is 1.68 bits per heavy atom. The first-order valence-corrected chi connectivity index (χ1v) is 13.7. The molecule has 10 heteroatoms. The number of nitrogens with zero attached hydrogens (tertiary/aromatic N) is 3. The normalized spacial score (nSPS) is 16.0. The highest BCUT2D eigenvalue weighted by molar-refractivity contribution is 6.33. The lowest BCUT2D eigenvalue weighted by molar-refractivity contribution is 0.0133. The molecule has 0 saturated carbocycles. The molecule has 0 radical (unpaired) electrons. The van der Waals surface area contributed by atoms with Crippen molar-refractivity contribution >= 4 is 35.2 Å². The van der Waals surface area contributed by atoms with E-state index >= 15 is 4.39 Å². The third kappa shape index (κ3) is 7.21. The molecule has 1 atom stereocenters. The summed E-state index contributed by atoms with van der Waals surface area (Å²) in [5.41, 5.74) is 1.05. The number of urea groups is 1. The fourth-order valence-corrected chi connectivity index (χ4v) is 4.87. The van der Waals surface area contributed by atoms with Crippen LogP contribution in [0.15, 0.2) is 65.7 Å². The van der Waals surface area contributed by atoms with Crippen LogP contribution in [0, 0.1) is 18.6 Å². The van der Waals surface area contributed by atoms with Crippen LogP contribution in [0.2, 0.25) is 5.02 Å². The summed E-state index contributed by atoms with van der Waals surface area (Å²) < 4.78 is 35.8. The molecular formula is C31H33ClF2N4O3. The lowest BCUT2D eigenvalue weighted by Gasteiger charge is -2.41. The van der Waals surface area contributed by atoms with Crippen LogP contribution in [0.25, 0.3) is 11.1 Å². The van der Waals surface area contributed by atoms with Gasteiger partial charge in [-0.05, 0) is 64.4 Å². The SMILES string of the molecule is Cc1ccccc1NC(=O)N=C(c1cc(Cl)c(-c2ccccc2F)cc1F)N1CCN(C(=O)OC(C)(C)C)C[C@@H]1C. The number of piperazine rings is 1. The van der Waals surface area contributed by atoms with E-state index in [-0.39, 0.29) is 53.2 Å². The van der Waals surface area contributed by atoms with E-state index in [0.717, 1.165) is 11.6 Å². The minimum atomic E-state index is -0.725.